The van der Waals surface area contributed by atoms with Crippen LogP contribution in [-0.2, 0) is 4.74 Å². The van der Waals surface area contributed by atoms with Crippen LogP contribution in [-0.4, -0.2) is 40.1 Å². The Labute approximate surface area is 174 Å². The fourth-order valence-corrected chi connectivity index (χ4v) is 4.62. The summed E-state index contributed by atoms with van der Waals surface area (Å²) in [6, 6.07) is 9.11. The molecule has 0 aliphatic rings. The number of aromatic nitrogens is 3. The molecule has 0 fully saturated rings. The summed E-state index contributed by atoms with van der Waals surface area (Å²) < 4.78 is 6.13. The molecule has 4 rings (SSSR count). The zero-order chi connectivity index (χ0) is 20.4. The van der Waals surface area contributed by atoms with Gasteiger partial charge in [0.1, 0.15) is 20.4 Å². The molecule has 0 radical (unpaired) electrons. The van der Waals surface area contributed by atoms with Gasteiger partial charge >= 0.3 is 12.0 Å². The minimum absolute atomic E-state index is 0.148. The number of carbonyl (C=O) groups excluding carboxylic acids is 2. The quantitative estimate of drug-likeness (QED) is 0.460. The molecule has 0 aliphatic carbocycles. The highest BCUT2D eigenvalue weighted by Gasteiger charge is 2.20. The van der Waals surface area contributed by atoms with Crippen LogP contribution in [0.1, 0.15) is 23.5 Å². The van der Waals surface area contributed by atoms with Crippen LogP contribution in [0.25, 0.3) is 31.1 Å². The number of anilines is 1. The van der Waals surface area contributed by atoms with E-state index in [-0.39, 0.29) is 12.6 Å². The molecule has 4 aromatic rings. The standard InChI is InChI=1S/C19H17N5O3S2/c1-3-20-19(26)24-18-22-14(16-21-11-7-5-6-8-12(11)28-16)10-9-13(17(25)27-4-2)29-15(10)23-18/h5-9H,3-4H2,1-2H3,(H2,20,22,23,24,26). The topological polar surface area (TPSA) is 106 Å². The van der Waals surface area contributed by atoms with Crippen molar-refractivity contribution in [1.29, 1.82) is 0 Å². The smallest absolute Gasteiger partial charge is 0.348 e. The van der Waals surface area contributed by atoms with Crippen LogP contribution >= 0.6 is 22.7 Å². The van der Waals surface area contributed by atoms with Crippen LogP contribution in [0.3, 0.4) is 0 Å². The van der Waals surface area contributed by atoms with Crippen molar-refractivity contribution in [2.75, 3.05) is 18.5 Å². The van der Waals surface area contributed by atoms with Crippen molar-refractivity contribution in [3.63, 3.8) is 0 Å². The number of carbonyl (C=O) groups is 2. The third-order valence-electron chi connectivity index (χ3n) is 3.93. The largest absolute Gasteiger partial charge is 0.462 e. The Bertz CT molecular complexity index is 1180. The number of hydrogen-bond donors (Lipinski definition) is 2. The second-order valence-corrected chi connectivity index (χ2v) is 7.98. The second-order valence-electron chi connectivity index (χ2n) is 5.92. The molecule has 0 spiro atoms. The molecule has 3 aromatic heterocycles. The minimum atomic E-state index is -0.413. The maximum absolute atomic E-state index is 12.2. The van der Waals surface area contributed by atoms with Gasteiger partial charge in [-0.2, -0.15) is 0 Å². The summed E-state index contributed by atoms with van der Waals surface area (Å²) in [5, 5.41) is 6.67. The molecule has 0 aliphatic heterocycles. The molecular weight excluding hydrogens is 410 g/mol. The van der Waals surface area contributed by atoms with Gasteiger partial charge in [0.05, 0.1) is 16.8 Å². The first-order valence-electron chi connectivity index (χ1n) is 8.98. The van der Waals surface area contributed by atoms with Gasteiger partial charge in [-0.3, -0.25) is 5.32 Å². The number of ether oxygens (including phenoxy) is 1. The number of hydrogen-bond acceptors (Lipinski definition) is 8. The Kier molecular flexibility index (Phi) is 5.36. The highest BCUT2D eigenvalue weighted by atomic mass is 32.1. The van der Waals surface area contributed by atoms with E-state index in [2.05, 4.69) is 25.6 Å². The van der Waals surface area contributed by atoms with Crippen molar-refractivity contribution in [1.82, 2.24) is 20.3 Å². The first-order chi connectivity index (χ1) is 14.1. The summed E-state index contributed by atoms with van der Waals surface area (Å²) in [5.41, 5.74) is 1.42. The lowest BCUT2D eigenvalue weighted by Gasteiger charge is -2.06. The Morgan fingerprint density at radius 1 is 1.10 bits per heavy atom. The summed E-state index contributed by atoms with van der Waals surface area (Å²) >= 11 is 2.68. The van der Waals surface area contributed by atoms with Crippen LogP contribution in [0.15, 0.2) is 30.3 Å². The number of benzene rings is 1. The van der Waals surface area contributed by atoms with Gasteiger partial charge < -0.3 is 10.1 Å². The second kappa shape index (κ2) is 8.10. The monoisotopic (exact) mass is 427 g/mol. The molecular formula is C19H17N5O3S2. The first-order valence-corrected chi connectivity index (χ1v) is 10.6. The number of para-hydroxylation sites is 1. The Balaban J connectivity index is 1.86. The van der Waals surface area contributed by atoms with Crippen molar-refractivity contribution in [3.05, 3.63) is 35.2 Å². The molecule has 0 bridgehead atoms. The lowest BCUT2D eigenvalue weighted by molar-refractivity contribution is 0.0532. The molecule has 3 heterocycles. The summed E-state index contributed by atoms with van der Waals surface area (Å²) in [6.45, 7) is 4.34. The van der Waals surface area contributed by atoms with E-state index >= 15 is 0 Å². The average Bonchev–Trinajstić information content (AvgIpc) is 3.31. The fourth-order valence-electron chi connectivity index (χ4n) is 2.72. The van der Waals surface area contributed by atoms with Crippen molar-refractivity contribution < 1.29 is 14.3 Å². The number of thiazole rings is 1. The van der Waals surface area contributed by atoms with E-state index in [9.17, 15) is 9.59 Å². The van der Waals surface area contributed by atoms with Gasteiger partial charge in [0.2, 0.25) is 5.95 Å². The summed E-state index contributed by atoms with van der Waals surface area (Å²) in [5.74, 6) is -0.265. The van der Waals surface area contributed by atoms with Gasteiger partial charge in [0.25, 0.3) is 0 Å². The van der Waals surface area contributed by atoms with E-state index < -0.39 is 12.0 Å². The molecule has 10 heteroatoms. The third kappa shape index (κ3) is 3.89. The lowest BCUT2D eigenvalue weighted by atomic mass is 10.2. The number of rotatable bonds is 5. The van der Waals surface area contributed by atoms with E-state index in [1.54, 1.807) is 13.0 Å². The fraction of sp³-hybridized carbons (Fsp3) is 0.211. The Morgan fingerprint density at radius 2 is 1.93 bits per heavy atom. The van der Waals surface area contributed by atoms with Gasteiger partial charge in [-0.15, -0.1) is 22.7 Å². The summed E-state index contributed by atoms with van der Waals surface area (Å²) in [7, 11) is 0. The van der Waals surface area contributed by atoms with E-state index in [1.165, 1.54) is 22.7 Å². The van der Waals surface area contributed by atoms with Crippen LogP contribution < -0.4 is 10.6 Å². The Morgan fingerprint density at radius 3 is 2.69 bits per heavy atom. The molecule has 2 N–H and O–H groups in total. The molecule has 1 aromatic carbocycles. The van der Waals surface area contributed by atoms with Gasteiger partial charge in [-0.1, -0.05) is 12.1 Å². The number of fused-ring (bicyclic) bond motifs is 2. The first kappa shape index (κ1) is 19.2. The van der Waals surface area contributed by atoms with Crippen LogP contribution in [0.4, 0.5) is 10.7 Å². The van der Waals surface area contributed by atoms with E-state index in [4.69, 9.17) is 4.74 Å². The number of amides is 2. The predicted molar refractivity (Wildman–Crippen MR) is 115 cm³/mol. The SMILES string of the molecule is CCNC(=O)Nc1nc(-c2nc3ccccc3s2)c2cc(C(=O)OCC)sc2n1. The maximum atomic E-state index is 12.2. The van der Waals surface area contributed by atoms with Crippen molar-refractivity contribution in [2.45, 2.75) is 13.8 Å². The Hall–Kier alpha value is -3.11. The van der Waals surface area contributed by atoms with Gasteiger partial charge in [0, 0.05) is 11.9 Å². The van der Waals surface area contributed by atoms with Crippen LogP contribution in [0, 0.1) is 0 Å². The molecule has 8 nitrogen and oxygen atoms in total. The minimum Gasteiger partial charge on any atom is -0.462 e. The maximum Gasteiger partial charge on any atom is 0.348 e. The molecule has 0 saturated carbocycles. The van der Waals surface area contributed by atoms with Crippen molar-refractivity contribution in [3.8, 4) is 10.7 Å². The van der Waals surface area contributed by atoms with Crippen LogP contribution in [0.2, 0.25) is 0 Å². The molecule has 148 valence electrons. The molecule has 2 amide bonds. The molecule has 29 heavy (non-hydrogen) atoms. The van der Waals surface area contributed by atoms with Gasteiger partial charge in [-0.05, 0) is 32.0 Å². The highest BCUT2D eigenvalue weighted by Crippen LogP contribution is 2.36. The van der Waals surface area contributed by atoms with Crippen LogP contribution in [0.5, 0.6) is 0 Å². The number of esters is 1. The predicted octanol–water partition coefficient (Wildman–Crippen LogP) is 4.29. The normalized spacial score (nSPS) is 11.0. The summed E-state index contributed by atoms with van der Waals surface area (Å²) in [4.78, 5) is 38.7. The van der Waals surface area contributed by atoms with E-state index in [1.807, 2.05) is 31.2 Å². The molecule has 0 unspecified atom stereocenters. The number of urea groups is 1. The van der Waals surface area contributed by atoms with Crippen molar-refractivity contribution in [2.24, 2.45) is 0 Å². The number of nitrogens with zero attached hydrogens (tertiary/aromatic N) is 3. The van der Waals surface area contributed by atoms with Gasteiger partial charge in [-0.25, -0.2) is 24.5 Å². The molecule has 0 saturated heterocycles. The highest BCUT2D eigenvalue weighted by molar-refractivity contribution is 7.22. The van der Waals surface area contributed by atoms with Crippen molar-refractivity contribution >= 4 is 61.1 Å². The number of nitrogens with one attached hydrogen (secondary N) is 2. The average molecular weight is 428 g/mol. The summed E-state index contributed by atoms with van der Waals surface area (Å²) in [6.07, 6.45) is 0. The van der Waals surface area contributed by atoms with Gasteiger partial charge in [0.15, 0.2) is 0 Å². The lowest BCUT2D eigenvalue weighted by Crippen LogP contribution is -2.29. The third-order valence-corrected chi connectivity index (χ3v) is 5.98. The number of thiophene rings is 1. The zero-order valence-corrected chi connectivity index (χ0v) is 17.3. The zero-order valence-electron chi connectivity index (χ0n) is 15.7. The van der Waals surface area contributed by atoms with E-state index in [0.717, 1.165) is 10.2 Å². The van der Waals surface area contributed by atoms with E-state index in [0.29, 0.717) is 32.3 Å². The molecule has 0 atom stereocenters.